The molecule has 0 unspecified atom stereocenters. The van der Waals surface area contributed by atoms with E-state index in [4.69, 9.17) is 4.74 Å². The molecule has 0 aliphatic rings. The van der Waals surface area contributed by atoms with E-state index in [1.54, 1.807) is 7.11 Å². The molecule has 4 aromatic rings. The molecule has 0 radical (unpaired) electrons. The van der Waals surface area contributed by atoms with Crippen LogP contribution in [0, 0.1) is 0 Å². The summed E-state index contributed by atoms with van der Waals surface area (Å²) >= 11 is 3.47. The van der Waals surface area contributed by atoms with Crippen molar-refractivity contribution in [3.8, 4) is 28.1 Å². The summed E-state index contributed by atoms with van der Waals surface area (Å²) in [5.41, 5.74) is 5.00. The van der Waals surface area contributed by atoms with E-state index < -0.39 is 0 Å². The molecule has 118 valence electrons. The van der Waals surface area contributed by atoms with Gasteiger partial charge in [0.25, 0.3) is 0 Å². The first-order chi connectivity index (χ1) is 11.8. The molecule has 4 nitrogen and oxygen atoms in total. The standard InChI is InChI=1S/C19H14BrN3O/c1-24-16-8-4-14(5-9-16)18-10-11-21-19-17(12-22-23(18)19)13-2-6-15(20)7-3-13/h2-12H,1H3. The Bertz CT molecular complexity index is 991. The number of halogens is 1. The van der Waals surface area contributed by atoms with Crippen LogP contribution in [0.25, 0.3) is 28.0 Å². The van der Waals surface area contributed by atoms with E-state index in [9.17, 15) is 0 Å². The average Bonchev–Trinajstić information content (AvgIpc) is 3.07. The van der Waals surface area contributed by atoms with Gasteiger partial charge in [0.15, 0.2) is 5.65 Å². The first-order valence-electron chi connectivity index (χ1n) is 7.49. The van der Waals surface area contributed by atoms with E-state index in [1.807, 2.05) is 59.4 Å². The Hall–Kier alpha value is -2.66. The van der Waals surface area contributed by atoms with Crippen LogP contribution >= 0.6 is 15.9 Å². The number of methoxy groups -OCH3 is 1. The Morgan fingerprint density at radius 2 is 1.62 bits per heavy atom. The molecular weight excluding hydrogens is 366 g/mol. The van der Waals surface area contributed by atoms with Gasteiger partial charge in [-0.25, -0.2) is 9.50 Å². The lowest BCUT2D eigenvalue weighted by Gasteiger charge is -2.06. The van der Waals surface area contributed by atoms with Crippen LogP contribution in [0.3, 0.4) is 0 Å². The highest BCUT2D eigenvalue weighted by Crippen LogP contribution is 2.28. The Morgan fingerprint density at radius 3 is 2.33 bits per heavy atom. The molecular formula is C19H14BrN3O. The Kier molecular flexibility index (Phi) is 3.78. The molecule has 0 N–H and O–H groups in total. The number of ether oxygens (including phenoxy) is 1. The van der Waals surface area contributed by atoms with Crippen LogP contribution in [-0.2, 0) is 0 Å². The molecule has 5 heteroatoms. The minimum Gasteiger partial charge on any atom is -0.497 e. The van der Waals surface area contributed by atoms with Gasteiger partial charge in [-0.2, -0.15) is 5.10 Å². The second kappa shape index (κ2) is 6.09. The largest absolute Gasteiger partial charge is 0.497 e. The minimum atomic E-state index is 0.833. The van der Waals surface area contributed by atoms with Crippen molar-refractivity contribution in [2.45, 2.75) is 0 Å². The molecule has 2 heterocycles. The molecule has 0 saturated heterocycles. The van der Waals surface area contributed by atoms with Crippen molar-refractivity contribution < 1.29 is 4.74 Å². The van der Waals surface area contributed by atoms with E-state index in [0.29, 0.717) is 0 Å². The molecule has 0 spiro atoms. The lowest BCUT2D eigenvalue weighted by atomic mass is 10.1. The predicted molar refractivity (Wildman–Crippen MR) is 98.1 cm³/mol. The zero-order chi connectivity index (χ0) is 16.5. The zero-order valence-electron chi connectivity index (χ0n) is 13.0. The van der Waals surface area contributed by atoms with Crippen molar-refractivity contribution in [2.75, 3.05) is 7.11 Å². The molecule has 2 aromatic carbocycles. The third kappa shape index (κ3) is 2.57. The summed E-state index contributed by atoms with van der Waals surface area (Å²) in [6, 6.07) is 18.1. The van der Waals surface area contributed by atoms with Gasteiger partial charge in [0, 0.05) is 21.8 Å². The maximum Gasteiger partial charge on any atom is 0.163 e. The summed E-state index contributed by atoms with van der Waals surface area (Å²) in [7, 11) is 1.66. The van der Waals surface area contributed by atoms with Crippen molar-refractivity contribution in [2.24, 2.45) is 0 Å². The highest BCUT2D eigenvalue weighted by atomic mass is 79.9. The van der Waals surface area contributed by atoms with Crippen LogP contribution in [0.15, 0.2) is 71.5 Å². The lowest BCUT2D eigenvalue weighted by Crippen LogP contribution is -1.95. The summed E-state index contributed by atoms with van der Waals surface area (Å²) in [6.07, 6.45) is 3.68. The second-order valence-electron chi connectivity index (χ2n) is 5.36. The summed E-state index contributed by atoms with van der Waals surface area (Å²) in [4.78, 5) is 4.52. The van der Waals surface area contributed by atoms with Gasteiger partial charge in [0.2, 0.25) is 0 Å². The number of aromatic nitrogens is 3. The number of hydrogen-bond donors (Lipinski definition) is 0. The molecule has 0 amide bonds. The van der Waals surface area contributed by atoms with Crippen molar-refractivity contribution >= 4 is 21.6 Å². The van der Waals surface area contributed by atoms with Gasteiger partial charge in [-0.15, -0.1) is 0 Å². The number of benzene rings is 2. The summed E-state index contributed by atoms with van der Waals surface area (Å²) < 4.78 is 8.15. The fourth-order valence-corrected chi connectivity index (χ4v) is 2.97. The van der Waals surface area contributed by atoms with Gasteiger partial charge in [0.1, 0.15) is 5.75 Å². The quantitative estimate of drug-likeness (QED) is 0.511. The molecule has 4 rings (SSSR count). The maximum atomic E-state index is 5.23. The Labute approximate surface area is 147 Å². The highest BCUT2D eigenvalue weighted by molar-refractivity contribution is 9.10. The molecule has 2 aromatic heterocycles. The molecule has 0 aliphatic heterocycles. The molecule has 0 aliphatic carbocycles. The van der Waals surface area contributed by atoms with Crippen molar-refractivity contribution in [1.82, 2.24) is 14.6 Å². The number of nitrogens with zero attached hydrogens (tertiary/aromatic N) is 3. The topological polar surface area (TPSA) is 39.4 Å². The van der Waals surface area contributed by atoms with E-state index in [0.717, 1.165) is 38.3 Å². The first-order valence-corrected chi connectivity index (χ1v) is 8.28. The van der Waals surface area contributed by atoms with E-state index >= 15 is 0 Å². The van der Waals surface area contributed by atoms with Crippen LogP contribution in [0.4, 0.5) is 0 Å². The molecule has 0 atom stereocenters. The van der Waals surface area contributed by atoms with Gasteiger partial charge in [-0.1, -0.05) is 28.1 Å². The molecule has 0 bridgehead atoms. The third-order valence-corrected chi connectivity index (χ3v) is 4.47. The third-order valence-electron chi connectivity index (χ3n) is 3.94. The monoisotopic (exact) mass is 379 g/mol. The minimum absolute atomic E-state index is 0.833. The second-order valence-corrected chi connectivity index (χ2v) is 6.27. The predicted octanol–water partition coefficient (Wildman–Crippen LogP) is 4.83. The van der Waals surface area contributed by atoms with Gasteiger partial charge >= 0.3 is 0 Å². The normalized spacial score (nSPS) is 10.9. The lowest BCUT2D eigenvalue weighted by molar-refractivity contribution is 0.415. The molecule has 0 saturated carbocycles. The van der Waals surface area contributed by atoms with Gasteiger partial charge < -0.3 is 4.74 Å². The van der Waals surface area contributed by atoms with Gasteiger partial charge in [-0.3, -0.25) is 0 Å². The maximum absolute atomic E-state index is 5.23. The van der Waals surface area contributed by atoms with Crippen molar-refractivity contribution in [1.29, 1.82) is 0 Å². The number of hydrogen-bond acceptors (Lipinski definition) is 3. The molecule has 0 fully saturated rings. The van der Waals surface area contributed by atoms with Crippen LogP contribution < -0.4 is 4.74 Å². The summed E-state index contributed by atoms with van der Waals surface area (Å²) in [5, 5.41) is 4.55. The van der Waals surface area contributed by atoms with Crippen LogP contribution in [0.5, 0.6) is 5.75 Å². The van der Waals surface area contributed by atoms with Crippen LogP contribution in [0.1, 0.15) is 0 Å². The van der Waals surface area contributed by atoms with E-state index in [1.165, 1.54) is 0 Å². The number of fused-ring (bicyclic) bond motifs is 1. The molecule has 24 heavy (non-hydrogen) atoms. The smallest absolute Gasteiger partial charge is 0.163 e. The zero-order valence-corrected chi connectivity index (χ0v) is 14.6. The summed E-state index contributed by atoms with van der Waals surface area (Å²) in [5.74, 6) is 0.833. The summed E-state index contributed by atoms with van der Waals surface area (Å²) in [6.45, 7) is 0. The highest BCUT2D eigenvalue weighted by Gasteiger charge is 2.11. The van der Waals surface area contributed by atoms with Gasteiger partial charge in [0.05, 0.1) is 19.0 Å². The fourth-order valence-electron chi connectivity index (χ4n) is 2.70. The van der Waals surface area contributed by atoms with Crippen LogP contribution in [-0.4, -0.2) is 21.7 Å². The van der Waals surface area contributed by atoms with Crippen molar-refractivity contribution in [3.05, 3.63) is 71.5 Å². The average molecular weight is 380 g/mol. The van der Waals surface area contributed by atoms with E-state index in [2.05, 4.69) is 38.1 Å². The van der Waals surface area contributed by atoms with Crippen LogP contribution in [0.2, 0.25) is 0 Å². The van der Waals surface area contributed by atoms with E-state index in [-0.39, 0.29) is 0 Å². The van der Waals surface area contributed by atoms with Crippen molar-refractivity contribution in [3.63, 3.8) is 0 Å². The SMILES string of the molecule is COc1ccc(-c2ccnc3c(-c4ccc(Br)cc4)cnn23)cc1. The Morgan fingerprint density at radius 1 is 0.917 bits per heavy atom. The van der Waals surface area contributed by atoms with Gasteiger partial charge in [-0.05, 0) is 48.0 Å². The Balaban J connectivity index is 1.85. The number of rotatable bonds is 3. The first kappa shape index (κ1) is 14.9. The fraction of sp³-hybridized carbons (Fsp3) is 0.0526.